The Morgan fingerprint density at radius 3 is 2.33 bits per heavy atom. The number of carbonyl (C=O) groups excluding carboxylic acids is 2. The van der Waals surface area contributed by atoms with Crippen molar-refractivity contribution in [2.45, 2.75) is 0 Å². The van der Waals surface area contributed by atoms with E-state index in [1.54, 1.807) is 36.4 Å². The zero-order valence-corrected chi connectivity index (χ0v) is 17.5. The van der Waals surface area contributed by atoms with E-state index in [1.165, 1.54) is 6.07 Å². The van der Waals surface area contributed by atoms with Gasteiger partial charge in [-0.2, -0.15) is 4.39 Å². The van der Waals surface area contributed by atoms with Crippen molar-refractivity contribution in [1.29, 1.82) is 0 Å². The van der Waals surface area contributed by atoms with Crippen LogP contribution in [0.3, 0.4) is 0 Å². The number of para-hydroxylation sites is 1. The van der Waals surface area contributed by atoms with Crippen molar-refractivity contribution >= 4 is 46.6 Å². The molecule has 164 valence electrons. The van der Waals surface area contributed by atoms with Crippen molar-refractivity contribution in [2.75, 3.05) is 4.90 Å². The molecule has 1 N–H and O–H groups in total. The van der Waals surface area contributed by atoms with E-state index in [9.17, 15) is 24.1 Å². The Kier molecular flexibility index (Phi) is 5.92. The summed E-state index contributed by atoms with van der Waals surface area (Å²) in [6.07, 6.45) is 1.14. The zero-order chi connectivity index (χ0) is 23.5. The van der Waals surface area contributed by atoms with Gasteiger partial charge in [-0.1, -0.05) is 24.3 Å². The van der Waals surface area contributed by atoms with Crippen LogP contribution in [0.4, 0.5) is 15.8 Å². The molecule has 0 spiro atoms. The predicted molar refractivity (Wildman–Crippen MR) is 122 cm³/mol. The molecule has 1 heterocycles. The number of amides is 2. The van der Waals surface area contributed by atoms with Gasteiger partial charge in [0, 0.05) is 6.07 Å². The molecule has 0 bridgehead atoms. The number of nitro groups is 1. The molecule has 0 radical (unpaired) electrons. The molecule has 1 fully saturated rings. The largest absolute Gasteiger partial charge is 0.457 e. The molecule has 0 atom stereocenters. The molecule has 0 saturated carbocycles. The van der Waals surface area contributed by atoms with Crippen LogP contribution in [0.1, 0.15) is 5.56 Å². The maximum absolute atomic E-state index is 13.6. The third kappa shape index (κ3) is 4.60. The molecule has 10 heteroatoms. The second kappa shape index (κ2) is 8.97. The second-order valence-corrected chi connectivity index (χ2v) is 7.22. The lowest BCUT2D eigenvalue weighted by Gasteiger charge is -2.29. The molecule has 0 aliphatic carbocycles. The van der Waals surface area contributed by atoms with Crippen LogP contribution in [-0.2, 0) is 9.59 Å². The van der Waals surface area contributed by atoms with Gasteiger partial charge in [-0.25, -0.2) is 0 Å². The van der Waals surface area contributed by atoms with Gasteiger partial charge in [0.1, 0.15) is 17.1 Å². The van der Waals surface area contributed by atoms with Gasteiger partial charge in [-0.05, 0) is 66.3 Å². The van der Waals surface area contributed by atoms with Crippen molar-refractivity contribution in [3.8, 4) is 11.5 Å². The molecule has 3 aromatic rings. The highest BCUT2D eigenvalue weighted by atomic mass is 32.1. The van der Waals surface area contributed by atoms with Crippen LogP contribution < -0.4 is 15.0 Å². The molecule has 0 unspecified atom stereocenters. The van der Waals surface area contributed by atoms with Gasteiger partial charge < -0.3 is 4.74 Å². The summed E-state index contributed by atoms with van der Waals surface area (Å²) in [5.74, 6) is -1.36. The standard InChI is InChI=1S/C23H14FN3O5S/c24-19-11-6-14(13-20(19)27(30)31)12-18-21(28)25-23(33)26(22(18)29)15-7-9-17(10-8-15)32-16-4-2-1-3-5-16/h1-13H,(H,25,28,33). The Hall–Kier alpha value is -4.44. The summed E-state index contributed by atoms with van der Waals surface area (Å²) >= 11 is 5.17. The highest BCUT2D eigenvalue weighted by molar-refractivity contribution is 7.80. The quantitative estimate of drug-likeness (QED) is 0.198. The highest BCUT2D eigenvalue weighted by Crippen LogP contribution is 2.27. The first kappa shape index (κ1) is 21.8. The van der Waals surface area contributed by atoms with E-state index >= 15 is 0 Å². The number of thiocarbonyl (C=S) groups is 1. The third-order valence-electron chi connectivity index (χ3n) is 4.65. The van der Waals surface area contributed by atoms with E-state index in [0.717, 1.165) is 23.1 Å². The number of nitrogens with one attached hydrogen (secondary N) is 1. The Labute approximate surface area is 192 Å². The van der Waals surface area contributed by atoms with E-state index in [1.807, 2.05) is 18.2 Å². The molecule has 2 amide bonds. The zero-order valence-electron chi connectivity index (χ0n) is 16.7. The number of nitro benzene ring substituents is 1. The van der Waals surface area contributed by atoms with E-state index in [-0.39, 0.29) is 16.2 Å². The lowest BCUT2D eigenvalue weighted by molar-refractivity contribution is -0.387. The third-order valence-corrected chi connectivity index (χ3v) is 4.94. The molecule has 1 saturated heterocycles. The van der Waals surface area contributed by atoms with Gasteiger partial charge in [-0.3, -0.25) is 29.9 Å². The fourth-order valence-corrected chi connectivity index (χ4v) is 3.39. The second-order valence-electron chi connectivity index (χ2n) is 6.83. The summed E-state index contributed by atoms with van der Waals surface area (Å²) in [7, 11) is 0. The Bertz CT molecular complexity index is 1310. The Balaban J connectivity index is 1.62. The average Bonchev–Trinajstić information content (AvgIpc) is 2.79. The van der Waals surface area contributed by atoms with E-state index < -0.39 is 28.2 Å². The van der Waals surface area contributed by atoms with Gasteiger partial charge in [0.25, 0.3) is 11.8 Å². The molecule has 1 aliphatic rings. The highest BCUT2D eigenvalue weighted by Gasteiger charge is 2.34. The minimum atomic E-state index is -1.03. The van der Waals surface area contributed by atoms with Crippen LogP contribution in [0.25, 0.3) is 6.08 Å². The number of ether oxygens (including phenoxy) is 1. The summed E-state index contributed by atoms with van der Waals surface area (Å²) in [5, 5.41) is 13.3. The number of nitrogens with zero attached hydrogens (tertiary/aromatic N) is 2. The van der Waals surface area contributed by atoms with Crippen LogP contribution in [-0.4, -0.2) is 21.9 Å². The fourth-order valence-electron chi connectivity index (χ4n) is 3.11. The SMILES string of the molecule is O=C1NC(=S)N(c2ccc(Oc3ccccc3)cc2)C(=O)C1=Cc1ccc(F)c([N+](=O)[O-])c1. The molecular formula is C23H14FN3O5S. The number of benzene rings is 3. The van der Waals surface area contributed by atoms with E-state index in [4.69, 9.17) is 17.0 Å². The lowest BCUT2D eigenvalue weighted by atomic mass is 10.1. The molecule has 4 rings (SSSR count). The first-order chi connectivity index (χ1) is 15.8. The first-order valence-corrected chi connectivity index (χ1v) is 9.92. The van der Waals surface area contributed by atoms with E-state index in [0.29, 0.717) is 17.2 Å². The number of rotatable bonds is 5. The van der Waals surface area contributed by atoms with Gasteiger partial charge in [0.15, 0.2) is 5.11 Å². The van der Waals surface area contributed by atoms with Crippen LogP contribution in [0.5, 0.6) is 11.5 Å². The molecule has 0 aromatic heterocycles. The number of carbonyl (C=O) groups is 2. The Morgan fingerprint density at radius 1 is 1.00 bits per heavy atom. The lowest BCUT2D eigenvalue weighted by Crippen LogP contribution is -2.54. The molecule has 8 nitrogen and oxygen atoms in total. The summed E-state index contributed by atoms with van der Waals surface area (Å²) in [6.45, 7) is 0. The maximum atomic E-state index is 13.6. The minimum Gasteiger partial charge on any atom is -0.457 e. The number of anilines is 1. The maximum Gasteiger partial charge on any atom is 0.305 e. The molecule has 1 aliphatic heterocycles. The number of hydrogen-bond acceptors (Lipinski definition) is 6. The van der Waals surface area contributed by atoms with Gasteiger partial charge in [-0.15, -0.1) is 0 Å². The van der Waals surface area contributed by atoms with Crippen LogP contribution >= 0.6 is 12.2 Å². The normalized spacial score (nSPS) is 14.9. The minimum absolute atomic E-state index is 0.112. The van der Waals surface area contributed by atoms with Gasteiger partial charge >= 0.3 is 5.69 Å². The van der Waals surface area contributed by atoms with Gasteiger partial charge in [0.05, 0.1) is 10.6 Å². The fraction of sp³-hybridized carbons (Fsp3) is 0. The summed E-state index contributed by atoms with van der Waals surface area (Å²) in [5.41, 5.74) is -0.592. The van der Waals surface area contributed by atoms with Gasteiger partial charge in [0.2, 0.25) is 5.82 Å². The molecular weight excluding hydrogens is 449 g/mol. The van der Waals surface area contributed by atoms with Crippen molar-refractivity contribution in [2.24, 2.45) is 0 Å². The van der Waals surface area contributed by atoms with E-state index in [2.05, 4.69) is 5.32 Å². The number of halogens is 1. The average molecular weight is 463 g/mol. The van der Waals surface area contributed by atoms with Crippen LogP contribution in [0.2, 0.25) is 0 Å². The van der Waals surface area contributed by atoms with Crippen LogP contribution in [0.15, 0.2) is 78.4 Å². The Morgan fingerprint density at radius 2 is 1.67 bits per heavy atom. The predicted octanol–water partition coefficient (Wildman–Crippen LogP) is 4.36. The molecule has 33 heavy (non-hydrogen) atoms. The monoisotopic (exact) mass is 463 g/mol. The number of hydrogen-bond donors (Lipinski definition) is 1. The van der Waals surface area contributed by atoms with Crippen molar-refractivity contribution < 1.29 is 23.6 Å². The summed E-state index contributed by atoms with van der Waals surface area (Å²) in [6, 6.07) is 18.7. The van der Waals surface area contributed by atoms with Crippen LogP contribution in [0, 0.1) is 15.9 Å². The van der Waals surface area contributed by atoms with Crippen molar-refractivity contribution in [3.05, 3.63) is 99.9 Å². The summed E-state index contributed by atoms with van der Waals surface area (Å²) < 4.78 is 19.3. The summed E-state index contributed by atoms with van der Waals surface area (Å²) in [4.78, 5) is 36.7. The smallest absolute Gasteiger partial charge is 0.305 e. The topological polar surface area (TPSA) is 102 Å². The van der Waals surface area contributed by atoms with Crippen molar-refractivity contribution in [3.63, 3.8) is 0 Å². The first-order valence-electron chi connectivity index (χ1n) is 9.52. The molecule has 3 aromatic carbocycles. The van der Waals surface area contributed by atoms with Crippen molar-refractivity contribution in [1.82, 2.24) is 5.32 Å².